The molecule has 3 aromatic rings. The summed E-state index contributed by atoms with van der Waals surface area (Å²) in [6, 6.07) is 11.9. The van der Waals surface area contributed by atoms with E-state index in [4.69, 9.17) is 21.3 Å². The zero-order valence-electron chi connectivity index (χ0n) is 22.9. The minimum absolute atomic E-state index is 0.0377. The summed E-state index contributed by atoms with van der Waals surface area (Å²) in [6.07, 6.45) is 6.83. The Kier molecular flexibility index (Phi) is 6.95. The molecule has 2 heterocycles. The number of benzene rings is 2. The highest BCUT2D eigenvalue weighted by Gasteiger charge is 2.58. The van der Waals surface area contributed by atoms with Crippen LogP contribution in [0.2, 0.25) is 5.02 Å². The van der Waals surface area contributed by atoms with Gasteiger partial charge in [0.05, 0.1) is 23.9 Å². The van der Waals surface area contributed by atoms with Gasteiger partial charge in [-0.25, -0.2) is 9.37 Å². The van der Waals surface area contributed by atoms with Gasteiger partial charge in [-0.15, -0.1) is 0 Å². The minimum Gasteiger partial charge on any atom is -0.469 e. The summed E-state index contributed by atoms with van der Waals surface area (Å²) in [6.45, 7) is 2.50. The largest absolute Gasteiger partial charge is 0.469 e. The van der Waals surface area contributed by atoms with Crippen LogP contribution in [0.4, 0.5) is 10.1 Å². The lowest BCUT2D eigenvalue weighted by Gasteiger charge is -2.32. The zero-order valence-corrected chi connectivity index (χ0v) is 23.7. The van der Waals surface area contributed by atoms with Crippen molar-refractivity contribution in [1.82, 2.24) is 14.5 Å². The summed E-state index contributed by atoms with van der Waals surface area (Å²) >= 11 is 6.29. The molecular formula is C31H34ClFN4O3. The fourth-order valence-electron chi connectivity index (χ4n) is 7.23. The molecule has 1 N–H and O–H groups in total. The average molecular weight is 565 g/mol. The van der Waals surface area contributed by atoms with E-state index in [2.05, 4.69) is 10.2 Å². The van der Waals surface area contributed by atoms with E-state index in [0.29, 0.717) is 22.7 Å². The normalized spacial score (nSPS) is 23.7. The first-order valence-corrected chi connectivity index (χ1v) is 14.3. The number of halogens is 2. The fraction of sp³-hybridized carbons (Fsp3) is 0.452. The predicted molar refractivity (Wildman–Crippen MR) is 152 cm³/mol. The number of hydrogen-bond acceptors (Lipinski definition) is 5. The standard InChI is InChI=1S/C31H34ClFN4O3/c1-36-25-10-16-37(17-15-30-11-13-31(19-30,14-12-30)29(39)40-2)18-24(25)34-27(36)28(38)35-23-9-5-7-21(26(23)33)20-6-3-4-8-22(20)32/h3-9H,10-19H2,1-2H3,(H,35,38). The van der Waals surface area contributed by atoms with E-state index in [-0.39, 0.29) is 28.3 Å². The third-order valence-corrected chi connectivity index (χ3v) is 9.84. The van der Waals surface area contributed by atoms with E-state index in [9.17, 15) is 9.59 Å². The van der Waals surface area contributed by atoms with Crippen LogP contribution in [0.15, 0.2) is 42.5 Å². The van der Waals surface area contributed by atoms with Crippen molar-refractivity contribution >= 4 is 29.2 Å². The van der Waals surface area contributed by atoms with Crippen LogP contribution in [0.25, 0.3) is 11.1 Å². The third-order valence-electron chi connectivity index (χ3n) is 9.51. The first-order valence-electron chi connectivity index (χ1n) is 13.9. The van der Waals surface area contributed by atoms with E-state index in [1.165, 1.54) is 7.11 Å². The van der Waals surface area contributed by atoms with Crippen LogP contribution in [0.5, 0.6) is 0 Å². The van der Waals surface area contributed by atoms with E-state index < -0.39 is 11.7 Å². The highest BCUT2D eigenvalue weighted by Crippen LogP contribution is 2.63. The highest BCUT2D eigenvalue weighted by atomic mass is 35.5. The van der Waals surface area contributed by atoms with Crippen molar-refractivity contribution in [2.45, 2.75) is 51.5 Å². The fourth-order valence-corrected chi connectivity index (χ4v) is 7.46. The van der Waals surface area contributed by atoms with Gasteiger partial charge in [-0.1, -0.05) is 41.9 Å². The Morgan fingerprint density at radius 2 is 1.85 bits per heavy atom. The lowest BCUT2D eigenvalue weighted by molar-refractivity contribution is -0.152. The number of hydrogen-bond donors (Lipinski definition) is 1. The van der Waals surface area contributed by atoms with Crippen molar-refractivity contribution in [3.8, 4) is 11.1 Å². The molecule has 2 bridgehead atoms. The Morgan fingerprint density at radius 3 is 2.60 bits per heavy atom. The van der Waals surface area contributed by atoms with E-state index in [1.54, 1.807) is 42.5 Å². The molecule has 1 aliphatic heterocycles. The second kappa shape index (κ2) is 10.3. The van der Waals surface area contributed by atoms with Crippen molar-refractivity contribution in [1.29, 1.82) is 0 Å². The first-order chi connectivity index (χ1) is 19.2. The van der Waals surface area contributed by atoms with Gasteiger partial charge < -0.3 is 14.6 Å². The van der Waals surface area contributed by atoms with E-state index in [0.717, 1.165) is 69.4 Å². The number of nitrogens with zero attached hydrogens (tertiary/aromatic N) is 3. The lowest BCUT2D eigenvalue weighted by atomic mass is 9.80. The molecule has 210 valence electrons. The molecule has 6 rings (SSSR count). The summed E-state index contributed by atoms with van der Waals surface area (Å²) in [5.41, 5.74) is 2.87. The lowest BCUT2D eigenvalue weighted by Crippen LogP contribution is -2.34. The molecule has 0 atom stereocenters. The molecule has 0 radical (unpaired) electrons. The molecule has 2 aromatic carbocycles. The number of carbonyl (C=O) groups is 2. The van der Waals surface area contributed by atoms with Gasteiger partial charge in [0, 0.05) is 48.4 Å². The van der Waals surface area contributed by atoms with Crippen LogP contribution in [-0.4, -0.2) is 46.5 Å². The molecule has 0 spiro atoms. The molecule has 2 aliphatic carbocycles. The second-order valence-electron chi connectivity index (χ2n) is 11.7. The molecule has 3 aliphatic rings. The van der Waals surface area contributed by atoms with Gasteiger partial charge in [0.15, 0.2) is 11.6 Å². The van der Waals surface area contributed by atoms with Crippen molar-refractivity contribution in [2.75, 3.05) is 25.5 Å². The monoisotopic (exact) mass is 564 g/mol. The molecular weight excluding hydrogens is 531 g/mol. The maximum atomic E-state index is 15.4. The van der Waals surface area contributed by atoms with Crippen molar-refractivity contribution in [2.24, 2.45) is 17.9 Å². The van der Waals surface area contributed by atoms with Gasteiger partial charge in [0.1, 0.15) is 0 Å². The summed E-state index contributed by atoms with van der Waals surface area (Å²) in [5.74, 6) is -0.760. The van der Waals surface area contributed by atoms with Crippen LogP contribution >= 0.6 is 11.6 Å². The Morgan fingerprint density at radius 1 is 1.10 bits per heavy atom. The maximum absolute atomic E-state index is 15.4. The van der Waals surface area contributed by atoms with Gasteiger partial charge in [-0.05, 0) is 62.6 Å². The highest BCUT2D eigenvalue weighted by molar-refractivity contribution is 6.33. The maximum Gasteiger partial charge on any atom is 0.311 e. The second-order valence-corrected chi connectivity index (χ2v) is 12.1. The van der Waals surface area contributed by atoms with Crippen molar-refractivity contribution < 1.29 is 18.7 Å². The van der Waals surface area contributed by atoms with Crippen LogP contribution in [-0.2, 0) is 29.5 Å². The number of ether oxygens (including phenoxy) is 1. The summed E-state index contributed by atoms with van der Waals surface area (Å²) in [7, 11) is 3.34. The summed E-state index contributed by atoms with van der Waals surface area (Å²) in [5, 5.41) is 3.16. The Labute approximate surface area is 238 Å². The first kappa shape index (κ1) is 27.0. The molecule has 2 saturated carbocycles. The SMILES string of the molecule is COC(=O)C12CCC(CCN3CCc4c(nc(C(=O)Nc5cccc(-c6ccccc6Cl)c5F)n4C)C3)(CC1)C2. The number of rotatable bonds is 7. The molecule has 40 heavy (non-hydrogen) atoms. The molecule has 7 nitrogen and oxygen atoms in total. The number of aromatic nitrogens is 2. The molecule has 1 amide bonds. The van der Waals surface area contributed by atoms with Gasteiger partial charge in [-0.3, -0.25) is 14.5 Å². The van der Waals surface area contributed by atoms with Crippen LogP contribution in [0, 0.1) is 16.6 Å². The Balaban J connectivity index is 1.13. The van der Waals surface area contributed by atoms with Gasteiger partial charge in [-0.2, -0.15) is 0 Å². The average Bonchev–Trinajstić information content (AvgIpc) is 3.64. The quantitative estimate of drug-likeness (QED) is 0.356. The molecule has 0 saturated heterocycles. The number of fused-ring (bicyclic) bond motifs is 3. The topological polar surface area (TPSA) is 76.5 Å². The molecule has 2 fully saturated rings. The van der Waals surface area contributed by atoms with E-state index in [1.807, 2.05) is 11.6 Å². The number of amides is 1. The van der Waals surface area contributed by atoms with Crippen LogP contribution in [0.1, 0.15) is 60.5 Å². The van der Waals surface area contributed by atoms with Gasteiger partial charge >= 0.3 is 5.97 Å². The van der Waals surface area contributed by atoms with Gasteiger partial charge in [0.25, 0.3) is 5.91 Å². The minimum atomic E-state index is -0.538. The zero-order chi connectivity index (χ0) is 28.1. The van der Waals surface area contributed by atoms with Crippen LogP contribution < -0.4 is 5.32 Å². The predicted octanol–water partition coefficient (Wildman–Crippen LogP) is 6.00. The smallest absolute Gasteiger partial charge is 0.311 e. The Bertz CT molecular complexity index is 1480. The van der Waals surface area contributed by atoms with Crippen molar-refractivity contribution in [3.05, 3.63) is 70.5 Å². The number of imidazole rings is 1. The number of anilines is 1. The molecule has 0 unspecified atom stereocenters. The summed E-state index contributed by atoms with van der Waals surface area (Å²) in [4.78, 5) is 32.7. The number of carbonyl (C=O) groups excluding carboxylic acids is 2. The number of esters is 1. The third kappa shape index (κ3) is 4.61. The van der Waals surface area contributed by atoms with Gasteiger partial charge in [0.2, 0.25) is 0 Å². The Hall–Kier alpha value is -3.23. The van der Waals surface area contributed by atoms with E-state index >= 15 is 4.39 Å². The van der Waals surface area contributed by atoms with Crippen molar-refractivity contribution in [3.63, 3.8) is 0 Å². The molecule has 1 aromatic heterocycles. The molecule has 9 heteroatoms. The van der Waals surface area contributed by atoms with Crippen LogP contribution in [0.3, 0.4) is 0 Å². The number of methoxy groups -OCH3 is 1. The summed E-state index contributed by atoms with van der Waals surface area (Å²) < 4.78 is 22.4. The number of nitrogens with one attached hydrogen (secondary N) is 1.